The first-order chi connectivity index (χ1) is 35.2. The van der Waals surface area contributed by atoms with Gasteiger partial charge < -0.3 is 15.5 Å². The molecule has 0 spiro atoms. The van der Waals surface area contributed by atoms with Crippen molar-refractivity contribution in [2.45, 2.75) is 379 Å². The molecule has 71 heavy (non-hydrogen) atoms. The van der Waals surface area contributed by atoms with Crippen LogP contribution in [0.3, 0.4) is 0 Å². The topological polar surface area (TPSA) is 69.6 Å². The van der Waals surface area contributed by atoms with E-state index in [4.69, 9.17) is 0 Å². The molecule has 0 aromatic heterocycles. The number of amides is 1. The molecule has 0 rings (SSSR count). The molecule has 3 N–H and O–H groups in total. The minimum Gasteiger partial charge on any atom is -0.394 e. The standard InChI is InChI=1S/C67H129NO3/c1-3-5-7-9-11-13-15-17-19-21-23-24-25-26-27-28-29-30-31-32-33-34-35-36-37-38-39-40-41-42-43-44-45-47-49-51-53-55-57-59-61-63-67(71)68-65(64-69)66(70)62-60-58-56-54-52-50-48-46-22-20-18-16-14-12-10-8-6-4-2/h22,46,52,54,60,62,65-66,69-70H,3-21,23-45,47-51,53,55-59,61,63-64H2,1-2H3,(H,68,71)/b46-22+,54-52+,62-60+. The number of hydrogen-bond donors (Lipinski definition) is 3. The zero-order valence-electron chi connectivity index (χ0n) is 48.5. The summed E-state index contributed by atoms with van der Waals surface area (Å²) in [5, 5.41) is 23.1. The summed E-state index contributed by atoms with van der Waals surface area (Å²) in [4.78, 5) is 12.5. The van der Waals surface area contributed by atoms with E-state index in [1.54, 1.807) is 6.08 Å². The minimum absolute atomic E-state index is 0.0712. The molecule has 420 valence electrons. The molecule has 0 radical (unpaired) electrons. The van der Waals surface area contributed by atoms with Crippen LogP contribution >= 0.6 is 0 Å². The summed E-state index contributed by atoms with van der Waals surface area (Å²) in [6.45, 7) is 4.32. The van der Waals surface area contributed by atoms with E-state index < -0.39 is 12.1 Å². The highest BCUT2D eigenvalue weighted by molar-refractivity contribution is 5.76. The molecule has 1 amide bonds. The molecule has 0 aromatic rings. The summed E-state index contributed by atoms with van der Waals surface area (Å²) in [7, 11) is 0. The van der Waals surface area contributed by atoms with Gasteiger partial charge in [-0.25, -0.2) is 0 Å². The van der Waals surface area contributed by atoms with E-state index >= 15 is 0 Å². The Balaban J connectivity index is 3.38. The predicted octanol–water partition coefficient (Wildman–Crippen LogP) is 22.0. The second kappa shape index (κ2) is 62.9. The van der Waals surface area contributed by atoms with Gasteiger partial charge in [0.2, 0.25) is 5.91 Å². The normalized spacial score (nSPS) is 12.9. The lowest BCUT2D eigenvalue weighted by atomic mass is 10.0. The molecule has 0 aliphatic heterocycles. The van der Waals surface area contributed by atoms with E-state index in [2.05, 4.69) is 43.5 Å². The molecule has 0 heterocycles. The molecule has 0 bridgehead atoms. The van der Waals surface area contributed by atoms with Gasteiger partial charge in [-0.05, 0) is 44.9 Å². The van der Waals surface area contributed by atoms with Crippen molar-refractivity contribution >= 4 is 5.91 Å². The fraction of sp³-hybridized carbons (Fsp3) is 0.896. The van der Waals surface area contributed by atoms with Crippen molar-refractivity contribution in [2.75, 3.05) is 6.61 Å². The van der Waals surface area contributed by atoms with Gasteiger partial charge in [-0.1, -0.05) is 352 Å². The van der Waals surface area contributed by atoms with Crippen LogP contribution in [0.25, 0.3) is 0 Å². The number of aliphatic hydroxyl groups excluding tert-OH is 2. The summed E-state index contributed by atoms with van der Waals surface area (Å²) in [5.41, 5.74) is 0. The number of aliphatic hydroxyl groups is 2. The number of rotatable bonds is 61. The average Bonchev–Trinajstić information content (AvgIpc) is 3.37. The van der Waals surface area contributed by atoms with Gasteiger partial charge in [-0.3, -0.25) is 4.79 Å². The molecule has 0 aromatic carbocycles. The molecular weight excluding hydrogens is 867 g/mol. The van der Waals surface area contributed by atoms with Crippen LogP contribution in [0, 0.1) is 0 Å². The molecule has 4 nitrogen and oxygen atoms in total. The highest BCUT2D eigenvalue weighted by atomic mass is 16.3. The third-order valence-electron chi connectivity index (χ3n) is 15.4. The zero-order chi connectivity index (χ0) is 51.3. The predicted molar refractivity (Wildman–Crippen MR) is 318 cm³/mol. The van der Waals surface area contributed by atoms with Gasteiger partial charge in [0.25, 0.3) is 0 Å². The first kappa shape index (κ1) is 69.6. The lowest BCUT2D eigenvalue weighted by Gasteiger charge is -2.19. The Hall–Kier alpha value is -1.39. The van der Waals surface area contributed by atoms with Crippen LogP contribution < -0.4 is 5.32 Å². The maximum Gasteiger partial charge on any atom is 0.220 e. The van der Waals surface area contributed by atoms with Crippen LogP contribution in [-0.4, -0.2) is 34.9 Å². The molecule has 2 atom stereocenters. The van der Waals surface area contributed by atoms with Crippen molar-refractivity contribution < 1.29 is 15.0 Å². The van der Waals surface area contributed by atoms with E-state index in [9.17, 15) is 15.0 Å². The highest BCUT2D eigenvalue weighted by Crippen LogP contribution is 2.19. The molecular formula is C67H129NO3. The zero-order valence-corrected chi connectivity index (χ0v) is 48.5. The SMILES string of the molecule is CCCCCCCCCC/C=C/CC/C=C/CC/C=C/C(O)C(CO)NC(=O)CCCCCCCCCCCCCCCCCCCCCCCCCCCCCCCCCCCCCCCCCCC. The van der Waals surface area contributed by atoms with E-state index in [1.165, 1.54) is 308 Å². The Labute approximate surface area is 446 Å². The Morgan fingerprint density at radius 2 is 0.549 bits per heavy atom. The maximum absolute atomic E-state index is 12.5. The van der Waals surface area contributed by atoms with E-state index in [-0.39, 0.29) is 12.5 Å². The Morgan fingerprint density at radius 3 is 0.817 bits per heavy atom. The largest absolute Gasteiger partial charge is 0.394 e. The number of hydrogen-bond acceptors (Lipinski definition) is 3. The molecule has 0 saturated carbocycles. The van der Waals surface area contributed by atoms with Crippen molar-refractivity contribution in [1.29, 1.82) is 0 Å². The van der Waals surface area contributed by atoms with Gasteiger partial charge in [0.05, 0.1) is 18.8 Å². The Bertz CT molecular complexity index is 1080. The summed E-state index contributed by atoms with van der Waals surface area (Å²) >= 11 is 0. The van der Waals surface area contributed by atoms with E-state index in [0.29, 0.717) is 6.42 Å². The number of nitrogens with one attached hydrogen (secondary N) is 1. The third kappa shape index (κ3) is 59.4. The van der Waals surface area contributed by atoms with Crippen molar-refractivity contribution in [3.8, 4) is 0 Å². The fourth-order valence-electron chi connectivity index (χ4n) is 10.4. The Morgan fingerprint density at radius 1 is 0.324 bits per heavy atom. The van der Waals surface area contributed by atoms with Gasteiger partial charge in [-0.2, -0.15) is 0 Å². The maximum atomic E-state index is 12.5. The van der Waals surface area contributed by atoms with Crippen molar-refractivity contribution in [1.82, 2.24) is 5.32 Å². The van der Waals surface area contributed by atoms with E-state index in [0.717, 1.165) is 38.5 Å². The quantitative estimate of drug-likeness (QED) is 0.0420. The van der Waals surface area contributed by atoms with Gasteiger partial charge >= 0.3 is 0 Å². The Kier molecular flexibility index (Phi) is 61.7. The first-order valence-electron chi connectivity index (χ1n) is 32.7. The molecule has 2 unspecified atom stereocenters. The lowest BCUT2D eigenvalue weighted by Crippen LogP contribution is -2.45. The van der Waals surface area contributed by atoms with Crippen LogP contribution in [0.1, 0.15) is 367 Å². The van der Waals surface area contributed by atoms with Crippen LogP contribution in [0.2, 0.25) is 0 Å². The summed E-state index contributed by atoms with van der Waals surface area (Å²) < 4.78 is 0. The van der Waals surface area contributed by atoms with Gasteiger partial charge in [-0.15, -0.1) is 0 Å². The second-order valence-corrected chi connectivity index (χ2v) is 22.5. The number of carbonyl (C=O) groups excluding carboxylic acids is 1. The molecule has 0 fully saturated rings. The van der Waals surface area contributed by atoms with Crippen molar-refractivity contribution in [3.63, 3.8) is 0 Å². The molecule has 0 aliphatic rings. The summed E-state index contributed by atoms with van der Waals surface area (Å²) in [6, 6.07) is -0.644. The van der Waals surface area contributed by atoms with Gasteiger partial charge in [0, 0.05) is 6.42 Å². The van der Waals surface area contributed by atoms with Crippen LogP contribution in [0.5, 0.6) is 0 Å². The number of allylic oxidation sites excluding steroid dienone is 5. The van der Waals surface area contributed by atoms with E-state index in [1.807, 2.05) is 6.08 Å². The van der Waals surface area contributed by atoms with Crippen molar-refractivity contribution in [2.24, 2.45) is 0 Å². The first-order valence-corrected chi connectivity index (χ1v) is 32.7. The molecule has 4 heteroatoms. The van der Waals surface area contributed by atoms with Crippen LogP contribution in [-0.2, 0) is 4.79 Å². The molecule has 0 saturated heterocycles. The fourth-order valence-corrected chi connectivity index (χ4v) is 10.4. The minimum atomic E-state index is -0.869. The van der Waals surface area contributed by atoms with Gasteiger partial charge in [0.15, 0.2) is 0 Å². The monoisotopic (exact) mass is 996 g/mol. The average molecular weight is 997 g/mol. The van der Waals surface area contributed by atoms with Gasteiger partial charge in [0.1, 0.15) is 0 Å². The third-order valence-corrected chi connectivity index (χ3v) is 15.4. The summed E-state index contributed by atoms with van der Waals surface area (Å²) in [6.07, 6.45) is 86.6. The molecule has 0 aliphatic carbocycles. The number of unbranched alkanes of at least 4 members (excludes halogenated alkanes) is 50. The highest BCUT2D eigenvalue weighted by Gasteiger charge is 2.18. The van der Waals surface area contributed by atoms with Crippen LogP contribution in [0.15, 0.2) is 36.5 Å². The smallest absolute Gasteiger partial charge is 0.220 e. The van der Waals surface area contributed by atoms with Crippen molar-refractivity contribution in [3.05, 3.63) is 36.5 Å². The lowest BCUT2D eigenvalue weighted by molar-refractivity contribution is -0.123. The summed E-state index contributed by atoms with van der Waals surface area (Å²) in [5.74, 6) is -0.0712. The second-order valence-electron chi connectivity index (χ2n) is 22.5. The number of carbonyl (C=O) groups is 1. The van der Waals surface area contributed by atoms with Crippen LogP contribution in [0.4, 0.5) is 0 Å².